The zero-order valence-corrected chi connectivity index (χ0v) is 22.5. The molecular weight excluding hydrogens is 518 g/mol. The van der Waals surface area contributed by atoms with E-state index in [2.05, 4.69) is 9.97 Å². The fourth-order valence-corrected chi connectivity index (χ4v) is 5.89. The van der Waals surface area contributed by atoms with Gasteiger partial charge in [-0.25, -0.2) is 23.1 Å². The first kappa shape index (κ1) is 26.1. The van der Waals surface area contributed by atoms with Crippen LogP contribution in [0, 0.1) is 0 Å². The summed E-state index contributed by atoms with van der Waals surface area (Å²) in [7, 11) is -2.30. The Morgan fingerprint density at radius 2 is 1.79 bits per heavy atom. The molecule has 11 heteroatoms. The highest BCUT2D eigenvalue weighted by Crippen LogP contribution is 2.37. The molecule has 0 aliphatic carbocycles. The maximum Gasteiger partial charge on any atom is 0.264 e. The lowest BCUT2D eigenvalue weighted by molar-refractivity contribution is -0.117. The van der Waals surface area contributed by atoms with Crippen LogP contribution in [0.4, 0.5) is 17.3 Å². The normalized spacial score (nSPS) is 13.1. The number of carbonyl (C=O) groups excluding carboxylic acids is 2. The summed E-state index contributed by atoms with van der Waals surface area (Å²) in [6, 6.07) is 15.4. The molecule has 0 saturated heterocycles. The fourth-order valence-electron chi connectivity index (χ4n) is 4.69. The van der Waals surface area contributed by atoms with E-state index in [4.69, 9.17) is 4.74 Å². The van der Waals surface area contributed by atoms with Crippen LogP contribution < -0.4 is 19.3 Å². The first-order valence-electron chi connectivity index (χ1n) is 12.4. The van der Waals surface area contributed by atoms with Gasteiger partial charge in [0.25, 0.3) is 15.9 Å². The summed E-state index contributed by atoms with van der Waals surface area (Å²) < 4.78 is 33.4. The van der Waals surface area contributed by atoms with Crippen molar-refractivity contribution >= 4 is 49.9 Å². The third-order valence-corrected chi connectivity index (χ3v) is 7.96. The third-order valence-electron chi connectivity index (χ3n) is 6.47. The Kier molecular flexibility index (Phi) is 6.92. The summed E-state index contributed by atoms with van der Waals surface area (Å²) in [5.74, 6) is 0.894. The van der Waals surface area contributed by atoms with Gasteiger partial charge in [-0.05, 0) is 42.8 Å². The predicted molar refractivity (Wildman–Crippen MR) is 148 cm³/mol. The summed E-state index contributed by atoms with van der Waals surface area (Å²) in [5.41, 5.74) is 2.01. The topological polar surface area (TPSA) is 122 Å². The van der Waals surface area contributed by atoms with Crippen molar-refractivity contribution in [2.75, 3.05) is 30.0 Å². The highest BCUT2D eigenvalue weighted by molar-refractivity contribution is 7.90. The van der Waals surface area contributed by atoms with E-state index in [1.807, 2.05) is 28.7 Å². The predicted octanol–water partition coefficient (Wildman–Crippen LogP) is 3.82. The van der Waals surface area contributed by atoms with E-state index in [9.17, 15) is 18.0 Å². The Morgan fingerprint density at radius 1 is 1.03 bits per heavy atom. The molecule has 0 fully saturated rings. The molecule has 2 aromatic carbocycles. The molecule has 3 heterocycles. The van der Waals surface area contributed by atoms with Crippen molar-refractivity contribution in [1.29, 1.82) is 0 Å². The maximum absolute atomic E-state index is 13.4. The van der Waals surface area contributed by atoms with Crippen LogP contribution in [-0.4, -0.2) is 50.4 Å². The monoisotopic (exact) mass is 545 g/mol. The minimum atomic E-state index is -4.02. The average Bonchev–Trinajstić information content (AvgIpc) is 3.00. The van der Waals surface area contributed by atoms with E-state index in [1.54, 1.807) is 60.7 Å². The minimum Gasteiger partial charge on any atom is -0.493 e. The number of hydrogen-bond donors (Lipinski definition) is 1. The van der Waals surface area contributed by atoms with Crippen molar-refractivity contribution in [2.45, 2.75) is 25.2 Å². The van der Waals surface area contributed by atoms with Gasteiger partial charge in [0.1, 0.15) is 11.6 Å². The molecule has 200 valence electrons. The van der Waals surface area contributed by atoms with Gasteiger partial charge in [-0.15, -0.1) is 0 Å². The average molecular weight is 546 g/mol. The van der Waals surface area contributed by atoms with Gasteiger partial charge in [-0.1, -0.05) is 24.3 Å². The number of rotatable bonds is 7. The van der Waals surface area contributed by atoms with Crippen molar-refractivity contribution in [1.82, 2.24) is 14.7 Å². The Bertz CT molecular complexity index is 1710. The number of nitrogens with one attached hydrogen (secondary N) is 1. The number of amides is 2. The molecule has 0 spiro atoms. The minimum absolute atomic E-state index is 0.00537. The van der Waals surface area contributed by atoms with Gasteiger partial charge in [0.15, 0.2) is 5.82 Å². The number of aromatic nitrogens is 2. The second-order valence-electron chi connectivity index (χ2n) is 9.04. The molecule has 1 aliphatic rings. The molecular formula is C28H27N5O5S. The van der Waals surface area contributed by atoms with Crippen molar-refractivity contribution in [2.24, 2.45) is 0 Å². The number of benzene rings is 2. The zero-order chi connectivity index (χ0) is 27.7. The molecule has 5 rings (SSSR count). The summed E-state index contributed by atoms with van der Waals surface area (Å²) in [4.78, 5) is 37.4. The molecule has 1 aliphatic heterocycles. The van der Waals surface area contributed by atoms with E-state index in [-0.39, 0.29) is 17.4 Å². The van der Waals surface area contributed by atoms with Gasteiger partial charge in [-0.2, -0.15) is 0 Å². The smallest absolute Gasteiger partial charge is 0.264 e. The lowest BCUT2D eigenvalue weighted by Gasteiger charge is -2.22. The summed E-state index contributed by atoms with van der Waals surface area (Å²) in [6.07, 6.45) is 3.89. The van der Waals surface area contributed by atoms with Crippen molar-refractivity contribution in [3.8, 4) is 5.75 Å². The molecule has 0 unspecified atom stereocenters. The summed E-state index contributed by atoms with van der Waals surface area (Å²) in [6.45, 7) is 3.99. The standard InChI is InChI=1S/C28H27N5O5S/c1-4-33-26-22(28(35)32(3)23-10-7-14-29-27(23)33)16-19(17-30-26)13-15-38-24-11-12-25(39(36,37)31-18(2)34)21-9-6-5-8-20(21)24/h5-12,14,16-17H,4,13,15H2,1-3H3,(H,31,34). The third kappa shape index (κ3) is 4.88. The molecule has 0 saturated carbocycles. The Balaban J connectivity index is 1.39. The van der Waals surface area contributed by atoms with E-state index in [1.165, 1.54) is 6.07 Å². The summed E-state index contributed by atoms with van der Waals surface area (Å²) in [5, 5.41) is 1.04. The SMILES string of the molecule is CCN1c2ncc(CCOc3ccc(S(=O)(=O)NC(C)=O)c4ccccc34)cc2C(=O)N(C)c2cccnc21. The number of ether oxygens (including phenoxy) is 1. The number of nitrogens with zero attached hydrogens (tertiary/aromatic N) is 4. The van der Waals surface area contributed by atoms with Crippen LogP contribution in [0.5, 0.6) is 5.75 Å². The van der Waals surface area contributed by atoms with Crippen LogP contribution in [0.15, 0.2) is 71.9 Å². The first-order valence-corrected chi connectivity index (χ1v) is 13.9. The van der Waals surface area contributed by atoms with Crippen molar-refractivity contribution in [3.05, 3.63) is 78.1 Å². The highest BCUT2D eigenvalue weighted by Gasteiger charge is 2.30. The molecule has 0 radical (unpaired) electrons. The lowest BCUT2D eigenvalue weighted by Crippen LogP contribution is -2.28. The van der Waals surface area contributed by atoms with E-state index in [0.29, 0.717) is 52.4 Å². The largest absolute Gasteiger partial charge is 0.493 e. The molecule has 0 atom stereocenters. The molecule has 2 amide bonds. The Labute approximate surface area is 226 Å². The molecule has 1 N–H and O–H groups in total. The van der Waals surface area contributed by atoms with Gasteiger partial charge < -0.3 is 14.5 Å². The number of fused-ring (bicyclic) bond motifs is 3. The Morgan fingerprint density at radius 3 is 2.54 bits per heavy atom. The van der Waals surface area contributed by atoms with Gasteiger partial charge in [0.2, 0.25) is 5.91 Å². The second kappa shape index (κ2) is 10.3. The molecule has 10 nitrogen and oxygen atoms in total. The van der Waals surface area contributed by atoms with Crippen LogP contribution in [-0.2, 0) is 21.2 Å². The van der Waals surface area contributed by atoms with E-state index >= 15 is 0 Å². The van der Waals surface area contributed by atoms with Crippen LogP contribution in [0.2, 0.25) is 0 Å². The second-order valence-corrected chi connectivity index (χ2v) is 10.7. The molecule has 0 bridgehead atoms. The summed E-state index contributed by atoms with van der Waals surface area (Å²) >= 11 is 0. The van der Waals surface area contributed by atoms with Gasteiger partial charge in [-0.3, -0.25) is 9.59 Å². The number of sulfonamides is 1. The van der Waals surface area contributed by atoms with Crippen LogP contribution in [0.3, 0.4) is 0 Å². The van der Waals surface area contributed by atoms with Crippen molar-refractivity contribution in [3.63, 3.8) is 0 Å². The maximum atomic E-state index is 13.4. The molecule has 4 aromatic rings. The molecule has 39 heavy (non-hydrogen) atoms. The van der Waals surface area contributed by atoms with Crippen molar-refractivity contribution < 1.29 is 22.7 Å². The number of hydrogen-bond acceptors (Lipinski definition) is 8. The lowest BCUT2D eigenvalue weighted by atomic mass is 10.1. The number of pyridine rings is 2. The zero-order valence-electron chi connectivity index (χ0n) is 21.7. The highest BCUT2D eigenvalue weighted by atomic mass is 32.2. The van der Waals surface area contributed by atoms with Gasteiger partial charge in [0, 0.05) is 50.1 Å². The quantitative estimate of drug-likeness (QED) is 0.372. The molecule has 2 aromatic heterocycles. The number of anilines is 3. The van der Waals surface area contributed by atoms with Crippen LogP contribution >= 0.6 is 0 Å². The fraction of sp³-hybridized carbons (Fsp3) is 0.214. The van der Waals surface area contributed by atoms with Gasteiger partial charge in [0.05, 0.1) is 22.8 Å². The van der Waals surface area contributed by atoms with Crippen LogP contribution in [0.25, 0.3) is 10.8 Å². The van der Waals surface area contributed by atoms with E-state index in [0.717, 1.165) is 12.5 Å². The Hall–Kier alpha value is -4.51. The van der Waals surface area contributed by atoms with Crippen LogP contribution in [0.1, 0.15) is 29.8 Å². The number of carbonyl (C=O) groups is 2. The first-order chi connectivity index (χ1) is 18.7. The van der Waals surface area contributed by atoms with Gasteiger partial charge >= 0.3 is 0 Å². The van der Waals surface area contributed by atoms with E-state index < -0.39 is 15.9 Å².